The number of aromatic amines is 1. The van der Waals surface area contributed by atoms with Gasteiger partial charge in [-0.2, -0.15) is 5.10 Å². The lowest BCUT2D eigenvalue weighted by molar-refractivity contribution is 0.216. The van der Waals surface area contributed by atoms with Gasteiger partial charge in [-0.05, 0) is 17.7 Å². The summed E-state index contributed by atoms with van der Waals surface area (Å²) in [6.07, 6.45) is 8.32. The third kappa shape index (κ3) is 3.59. The molecule has 0 fully saturated rings. The van der Waals surface area contributed by atoms with Crippen LogP contribution in [-0.2, 0) is 6.54 Å². The number of terminal acetylenes is 1. The van der Waals surface area contributed by atoms with Crippen LogP contribution in [-0.4, -0.2) is 27.7 Å². The van der Waals surface area contributed by atoms with Gasteiger partial charge >= 0.3 is 6.03 Å². The molecule has 5 nitrogen and oxygen atoms in total. The van der Waals surface area contributed by atoms with Gasteiger partial charge in [0, 0.05) is 12.7 Å². The van der Waals surface area contributed by atoms with Crippen LogP contribution < -0.4 is 5.32 Å². The first kappa shape index (κ1) is 13.6. The molecule has 0 saturated heterocycles. The fraction of sp³-hybridized carbons (Fsp3) is 0.143. The number of nitrogens with one attached hydrogen (secondary N) is 2. The molecule has 0 bridgehead atoms. The molecule has 0 aliphatic carbocycles. The van der Waals surface area contributed by atoms with E-state index in [4.69, 9.17) is 6.42 Å². The summed E-state index contributed by atoms with van der Waals surface area (Å²) < 4.78 is 12.8. The molecule has 2 rings (SSSR count). The predicted molar refractivity (Wildman–Crippen MR) is 73.2 cm³/mol. The van der Waals surface area contributed by atoms with E-state index in [0.29, 0.717) is 12.2 Å². The summed E-state index contributed by atoms with van der Waals surface area (Å²) in [5.41, 5.74) is 1.35. The standard InChI is InChI=1S/C14H13FN4O/c1-2-7-19(10-11-3-5-12(15)6-4-11)14(20)18-13-8-16-17-9-13/h1,3-6,8-9H,7,10H2,(H,16,17)(H,18,20). The Hall–Kier alpha value is -2.81. The molecule has 0 radical (unpaired) electrons. The Morgan fingerprint density at radius 1 is 1.45 bits per heavy atom. The van der Waals surface area contributed by atoms with E-state index >= 15 is 0 Å². The number of benzene rings is 1. The van der Waals surface area contributed by atoms with Crippen molar-refractivity contribution in [3.8, 4) is 12.3 Å². The third-order valence-electron chi connectivity index (χ3n) is 2.61. The summed E-state index contributed by atoms with van der Waals surface area (Å²) in [6, 6.07) is 5.58. The summed E-state index contributed by atoms with van der Waals surface area (Å²) in [7, 11) is 0. The zero-order valence-electron chi connectivity index (χ0n) is 10.6. The van der Waals surface area contributed by atoms with Crippen molar-refractivity contribution in [1.82, 2.24) is 15.1 Å². The maximum Gasteiger partial charge on any atom is 0.323 e. The molecule has 1 aromatic carbocycles. The van der Waals surface area contributed by atoms with Gasteiger partial charge in [0.1, 0.15) is 5.82 Å². The van der Waals surface area contributed by atoms with Crippen LogP contribution in [0.1, 0.15) is 5.56 Å². The monoisotopic (exact) mass is 272 g/mol. The van der Waals surface area contributed by atoms with E-state index in [9.17, 15) is 9.18 Å². The van der Waals surface area contributed by atoms with E-state index in [1.165, 1.54) is 23.2 Å². The highest BCUT2D eigenvalue weighted by Crippen LogP contribution is 2.09. The minimum atomic E-state index is -0.339. The molecule has 0 aliphatic heterocycles. The van der Waals surface area contributed by atoms with Crippen molar-refractivity contribution in [3.63, 3.8) is 0 Å². The fourth-order valence-corrected chi connectivity index (χ4v) is 1.64. The van der Waals surface area contributed by atoms with Crippen LogP contribution >= 0.6 is 0 Å². The number of urea groups is 1. The second kappa shape index (κ2) is 6.38. The Bertz CT molecular complexity index is 601. The van der Waals surface area contributed by atoms with Crippen LogP contribution in [0.4, 0.5) is 14.9 Å². The van der Waals surface area contributed by atoms with Crippen molar-refractivity contribution in [2.45, 2.75) is 6.54 Å². The Balaban J connectivity index is 2.04. The molecule has 2 aromatic rings. The topological polar surface area (TPSA) is 61.0 Å². The van der Waals surface area contributed by atoms with E-state index in [-0.39, 0.29) is 18.4 Å². The summed E-state index contributed by atoms with van der Waals surface area (Å²) in [4.78, 5) is 13.5. The normalized spacial score (nSPS) is 9.80. The number of halogens is 1. The van der Waals surface area contributed by atoms with E-state index < -0.39 is 0 Å². The van der Waals surface area contributed by atoms with Crippen molar-refractivity contribution >= 4 is 11.7 Å². The average molecular weight is 272 g/mol. The van der Waals surface area contributed by atoms with Gasteiger partial charge in [0.2, 0.25) is 0 Å². The highest BCUT2D eigenvalue weighted by molar-refractivity contribution is 5.89. The Morgan fingerprint density at radius 2 is 2.20 bits per heavy atom. The van der Waals surface area contributed by atoms with E-state index in [1.54, 1.807) is 18.3 Å². The summed E-state index contributed by atoms with van der Waals surface area (Å²) in [5.74, 6) is 2.11. The molecule has 1 aromatic heterocycles. The number of carbonyl (C=O) groups is 1. The average Bonchev–Trinajstić information content (AvgIpc) is 2.93. The number of amides is 2. The Labute approximate surface area is 115 Å². The van der Waals surface area contributed by atoms with Gasteiger partial charge in [-0.15, -0.1) is 6.42 Å². The molecule has 2 amide bonds. The number of rotatable bonds is 4. The van der Waals surface area contributed by atoms with E-state index in [0.717, 1.165) is 5.56 Å². The number of hydrogen-bond acceptors (Lipinski definition) is 2. The van der Waals surface area contributed by atoms with Gasteiger partial charge in [0.15, 0.2) is 0 Å². The number of hydrogen-bond donors (Lipinski definition) is 2. The summed E-state index contributed by atoms with van der Waals surface area (Å²) >= 11 is 0. The molecular formula is C14H13FN4O. The molecule has 1 heterocycles. The van der Waals surface area contributed by atoms with Gasteiger partial charge in [-0.1, -0.05) is 18.1 Å². The number of aromatic nitrogens is 2. The first-order valence-electron chi connectivity index (χ1n) is 5.91. The zero-order valence-corrected chi connectivity index (χ0v) is 10.6. The van der Waals surface area contributed by atoms with Gasteiger partial charge in [0.05, 0.1) is 18.4 Å². The van der Waals surface area contributed by atoms with Gasteiger partial charge in [-0.25, -0.2) is 9.18 Å². The largest absolute Gasteiger partial charge is 0.323 e. The second-order valence-electron chi connectivity index (χ2n) is 4.10. The smallest absolute Gasteiger partial charge is 0.309 e. The Kier molecular flexibility index (Phi) is 4.35. The molecule has 0 atom stereocenters. The summed E-state index contributed by atoms with van der Waals surface area (Å²) in [6.45, 7) is 0.454. The maximum atomic E-state index is 12.8. The maximum absolute atomic E-state index is 12.8. The van der Waals surface area contributed by atoms with Gasteiger partial charge < -0.3 is 10.2 Å². The zero-order chi connectivity index (χ0) is 14.4. The highest BCUT2D eigenvalue weighted by Gasteiger charge is 2.13. The predicted octanol–water partition coefficient (Wildman–Crippen LogP) is 2.22. The lowest BCUT2D eigenvalue weighted by Crippen LogP contribution is -2.34. The van der Waals surface area contributed by atoms with Crippen LogP contribution in [0, 0.1) is 18.2 Å². The van der Waals surface area contributed by atoms with Crippen LogP contribution in [0.15, 0.2) is 36.7 Å². The van der Waals surface area contributed by atoms with Crippen LogP contribution in [0.5, 0.6) is 0 Å². The third-order valence-corrected chi connectivity index (χ3v) is 2.61. The molecular weight excluding hydrogens is 259 g/mol. The van der Waals surface area contributed by atoms with Crippen molar-refractivity contribution in [2.75, 3.05) is 11.9 Å². The van der Waals surface area contributed by atoms with Crippen molar-refractivity contribution in [2.24, 2.45) is 0 Å². The minimum absolute atomic E-state index is 0.154. The van der Waals surface area contributed by atoms with Gasteiger partial charge in [0.25, 0.3) is 0 Å². The molecule has 2 N–H and O–H groups in total. The lowest BCUT2D eigenvalue weighted by Gasteiger charge is -2.20. The van der Waals surface area contributed by atoms with E-state index in [2.05, 4.69) is 21.4 Å². The van der Waals surface area contributed by atoms with Crippen LogP contribution in [0.25, 0.3) is 0 Å². The molecule has 0 aliphatic rings. The number of anilines is 1. The lowest BCUT2D eigenvalue weighted by atomic mass is 10.2. The first-order valence-corrected chi connectivity index (χ1v) is 5.91. The molecule has 102 valence electrons. The van der Waals surface area contributed by atoms with Crippen molar-refractivity contribution in [1.29, 1.82) is 0 Å². The quantitative estimate of drug-likeness (QED) is 0.838. The summed E-state index contributed by atoms with van der Waals surface area (Å²) in [5, 5.41) is 8.99. The first-order chi connectivity index (χ1) is 9.69. The minimum Gasteiger partial charge on any atom is -0.309 e. The fourth-order valence-electron chi connectivity index (χ4n) is 1.64. The number of nitrogens with zero attached hydrogens (tertiary/aromatic N) is 2. The Morgan fingerprint density at radius 3 is 2.80 bits per heavy atom. The second-order valence-corrected chi connectivity index (χ2v) is 4.10. The van der Waals surface area contributed by atoms with Crippen LogP contribution in [0.2, 0.25) is 0 Å². The number of carbonyl (C=O) groups excluding carboxylic acids is 1. The van der Waals surface area contributed by atoms with Crippen molar-refractivity contribution < 1.29 is 9.18 Å². The van der Waals surface area contributed by atoms with Crippen molar-refractivity contribution in [3.05, 3.63) is 48.0 Å². The van der Waals surface area contributed by atoms with Gasteiger partial charge in [-0.3, -0.25) is 5.10 Å². The number of H-pyrrole nitrogens is 1. The highest BCUT2D eigenvalue weighted by atomic mass is 19.1. The van der Waals surface area contributed by atoms with E-state index in [1.807, 2.05) is 0 Å². The molecule has 0 spiro atoms. The molecule has 20 heavy (non-hydrogen) atoms. The molecule has 6 heteroatoms. The molecule has 0 unspecified atom stereocenters. The van der Waals surface area contributed by atoms with Crippen LogP contribution in [0.3, 0.4) is 0 Å². The SMILES string of the molecule is C#CCN(Cc1ccc(F)cc1)C(=O)Nc1cn[nH]c1. The molecule has 0 saturated carbocycles.